The average Bonchev–Trinajstić information content (AvgIpc) is 2.05. The molecule has 0 rings (SSSR count). The van der Waals surface area contributed by atoms with E-state index in [0.29, 0.717) is 17.7 Å². The van der Waals surface area contributed by atoms with E-state index in [-0.39, 0.29) is 6.29 Å². The molecular weight excluding hydrogens is 188 g/mol. The normalized spacial score (nSPS) is 10.6. The molecule has 78 valence electrons. The highest BCUT2D eigenvalue weighted by Crippen LogP contribution is 1.87. The first-order valence-corrected chi connectivity index (χ1v) is 4.61. The maximum Gasteiger partial charge on any atom is 0.174 e. The lowest BCUT2D eigenvalue weighted by molar-refractivity contribution is -0.0965. The first kappa shape index (κ1) is 12.6. The topological polar surface area (TPSA) is 42.5 Å². The summed E-state index contributed by atoms with van der Waals surface area (Å²) in [5.74, 6) is 0. The van der Waals surface area contributed by atoms with Gasteiger partial charge in [0.05, 0.1) is 6.54 Å². The van der Waals surface area contributed by atoms with Crippen LogP contribution in [0.5, 0.6) is 0 Å². The van der Waals surface area contributed by atoms with Crippen LogP contribution in [0.15, 0.2) is 0 Å². The molecule has 13 heavy (non-hydrogen) atoms. The van der Waals surface area contributed by atoms with Gasteiger partial charge < -0.3 is 20.1 Å². The minimum atomic E-state index is -0.257. The zero-order valence-corrected chi connectivity index (χ0v) is 9.40. The van der Waals surface area contributed by atoms with E-state index < -0.39 is 0 Å². The molecule has 0 aromatic heterocycles. The average molecular weight is 206 g/mol. The van der Waals surface area contributed by atoms with Crippen molar-refractivity contribution in [1.82, 2.24) is 10.6 Å². The fourth-order valence-electron chi connectivity index (χ4n) is 0.752. The number of nitrogens with one attached hydrogen (secondary N) is 2. The molecule has 0 unspecified atom stereocenters. The van der Waals surface area contributed by atoms with Gasteiger partial charge in [-0.25, -0.2) is 0 Å². The Hall–Kier alpha value is -0.390. The Morgan fingerprint density at radius 2 is 1.85 bits per heavy atom. The van der Waals surface area contributed by atoms with Gasteiger partial charge in [-0.05, 0) is 26.1 Å². The summed E-state index contributed by atoms with van der Waals surface area (Å²) >= 11 is 5.01. The molecule has 0 aliphatic carbocycles. The lowest BCUT2D eigenvalue weighted by atomic mass is 10.4. The zero-order chi connectivity index (χ0) is 10.3. The summed E-state index contributed by atoms with van der Waals surface area (Å²) in [7, 11) is 3.18. The molecule has 0 aromatic carbocycles. The molecular formula is C8H18N2O2S. The maximum absolute atomic E-state index is 5.01. The minimum absolute atomic E-state index is 0.257. The number of ether oxygens (including phenoxy) is 2. The summed E-state index contributed by atoms with van der Waals surface area (Å²) in [4.78, 5) is 0. The molecule has 0 fully saturated rings. The number of rotatable bonds is 5. The van der Waals surface area contributed by atoms with Gasteiger partial charge in [-0.1, -0.05) is 0 Å². The molecule has 0 aliphatic rings. The Morgan fingerprint density at radius 3 is 2.23 bits per heavy atom. The first-order chi connectivity index (χ1) is 6.10. The van der Waals surface area contributed by atoms with Crippen LogP contribution in [0, 0.1) is 0 Å². The molecule has 2 N–H and O–H groups in total. The third kappa shape index (κ3) is 6.74. The van der Waals surface area contributed by atoms with Gasteiger partial charge in [0.25, 0.3) is 0 Å². The van der Waals surface area contributed by atoms with Crippen molar-refractivity contribution in [3.05, 3.63) is 0 Å². The van der Waals surface area contributed by atoms with Gasteiger partial charge in [0.2, 0.25) is 0 Å². The highest BCUT2D eigenvalue weighted by molar-refractivity contribution is 7.80. The standard InChI is InChI=1S/C8H18N2O2S/c1-6(2)10-8(13)9-5-7(11-3)12-4/h6-7H,5H2,1-4H3,(H2,9,10,13). The van der Waals surface area contributed by atoms with E-state index in [1.807, 2.05) is 13.8 Å². The van der Waals surface area contributed by atoms with Gasteiger partial charge >= 0.3 is 0 Å². The lowest BCUT2D eigenvalue weighted by Gasteiger charge is -2.17. The van der Waals surface area contributed by atoms with Crippen molar-refractivity contribution < 1.29 is 9.47 Å². The van der Waals surface area contributed by atoms with Crippen molar-refractivity contribution in [3.8, 4) is 0 Å². The van der Waals surface area contributed by atoms with Crippen LogP contribution in [-0.2, 0) is 9.47 Å². The summed E-state index contributed by atoms with van der Waals surface area (Å²) in [5, 5.41) is 6.66. The quantitative estimate of drug-likeness (QED) is 0.506. The Bertz CT molecular complexity index is 149. The van der Waals surface area contributed by atoms with E-state index in [1.54, 1.807) is 14.2 Å². The van der Waals surface area contributed by atoms with E-state index in [2.05, 4.69) is 10.6 Å². The van der Waals surface area contributed by atoms with Crippen LogP contribution >= 0.6 is 12.2 Å². The van der Waals surface area contributed by atoms with Crippen molar-refractivity contribution in [2.45, 2.75) is 26.2 Å². The van der Waals surface area contributed by atoms with Gasteiger partial charge in [0.1, 0.15) is 0 Å². The van der Waals surface area contributed by atoms with Crippen molar-refractivity contribution in [1.29, 1.82) is 0 Å². The predicted octanol–water partition coefficient (Wildman–Crippen LogP) is 0.478. The molecule has 0 saturated heterocycles. The molecule has 0 aliphatic heterocycles. The second-order valence-electron chi connectivity index (χ2n) is 2.91. The third-order valence-electron chi connectivity index (χ3n) is 1.37. The minimum Gasteiger partial charge on any atom is -0.361 e. The first-order valence-electron chi connectivity index (χ1n) is 4.20. The maximum atomic E-state index is 5.01. The van der Waals surface area contributed by atoms with Crippen LogP contribution in [0.4, 0.5) is 0 Å². The van der Waals surface area contributed by atoms with Crippen LogP contribution in [0.3, 0.4) is 0 Å². The monoisotopic (exact) mass is 206 g/mol. The second kappa shape index (κ2) is 7.06. The lowest BCUT2D eigenvalue weighted by Crippen LogP contribution is -2.43. The number of thiocarbonyl (C=S) groups is 1. The largest absolute Gasteiger partial charge is 0.361 e. The Morgan fingerprint density at radius 1 is 1.31 bits per heavy atom. The molecule has 4 nitrogen and oxygen atoms in total. The van der Waals surface area contributed by atoms with Gasteiger partial charge in [0, 0.05) is 20.3 Å². The number of hydrogen-bond donors (Lipinski definition) is 2. The SMILES string of the molecule is COC(CNC(=S)NC(C)C)OC. The summed E-state index contributed by atoms with van der Waals surface area (Å²) in [6, 6.07) is 0.337. The van der Waals surface area contributed by atoms with Crippen LogP contribution in [0.1, 0.15) is 13.8 Å². The van der Waals surface area contributed by atoms with Crippen LogP contribution in [0.25, 0.3) is 0 Å². The number of hydrogen-bond acceptors (Lipinski definition) is 3. The van der Waals surface area contributed by atoms with Gasteiger partial charge in [0.15, 0.2) is 11.4 Å². The fourth-order valence-corrected chi connectivity index (χ4v) is 1.07. The molecule has 0 amide bonds. The van der Waals surface area contributed by atoms with Crippen LogP contribution < -0.4 is 10.6 Å². The summed E-state index contributed by atoms with van der Waals surface area (Å²) in [6.45, 7) is 4.60. The Balaban J connectivity index is 3.56. The predicted molar refractivity (Wildman–Crippen MR) is 56.7 cm³/mol. The van der Waals surface area contributed by atoms with E-state index in [4.69, 9.17) is 21.7 Å². The van der Waals surface area contributed by atoms with Gasteiger partial charge in [-0.3, -0.25) is 0 Å². The summed E-state index contributed by atoms with van der Waals surface area (Å²) in [5.41, 5.74) is 0. The highest BCUT2D eigenvalue weighted by atomic mass is 32.1. The zero-order valence-electron chi connectivity index (χ0n) is 8.59. The molecule has 0 radical (unpaired) electrons. The van der Waals surface area contributed by atoms with E-state index >= 15 is 0 Å². The van der Waals surface area contributed by atoms with Crippen molar-refractivity contribution >= 4 is 17.3 Å². The smallest absolute Gasteiger partial charge is 0.174 e. The molecule has 5 heteroatoms. The van der Waals surface area contributed by atoms with Crippen LogP contribution in [0.2, 0.25) is 0 Å². The third-order valence-corrected chi connectivity index (χ3v) is 1.64. The molecule has 0 atom stereocenters. The summed E-state index contributed by atoms with van der Waals surface area (Å²) in [6.07, 6.45) is -0.257. The molecule has 0 saturated carbocycles. The molecule has 0 bridgehead atoms. The van der Waals surface area contributed by atoms with E-state index in [9.17, 15) is 0 Å². The van der Waals surface area contributed by atoms with Crippen molar-refractivity contribution in [2.24, 2.45) is 0 Å². The van der Waals surface area contributed by atoms with Gasteiger partial charge in [-0.15, -0.1) is 0 Å². The molecule has 0 heterocycles. The molecule has 0 spiro atoms. The van der Waals surface area contributed by atoms with Crippen molar-refractivity contribution in [3.63, 3.8) is 0 Å². The van der Waals surface area contributed by atoms with Crippen LogP contribution in [-0.4, -0.2) is 38.2 Å². The Labute approximate surface area is 85.0 Å². The fraction of sp³-hybridized carbons (Fsp3) is 0.875. The van der Waals surface area contributed by atoms with E-state index in [0.717, 1.165) is 0 Å². The summed E-state index contributed by atoms with van der Waals surface area (Å²) < 4.78 is 9.97. The molecule has 0 aromatic rings. The van der Waals surface area contributed by atoms with E-state index in [1.165, 1.54) is 0 Å². The van der Waals surface area contributed by atoms with Gasteiger partial charge in [-0.2, -0.15) is 0 Å². The second-order valence-corrected chi connectivity index (χ2v) is 3.32. The number of methoxy groups -OCH3 is 2. The van der Waals surface area contributed by atoms with Crippen molar-refractivity contribution in [2.75, 3.05) is 20.8 Å². The highest BCUT2D eigenvalue weighted by Gasteiger charge is 2.05. The Kier molecular flexibility index (Phi) is 6.84.